The number of primary amides is 1. The molecule has 3 amide bonds. The highest BCUT2D eigenvalue weighted by Crippen LogP contribution is 2.53. The third-order valence-electron chi connectivity index (χ3n) is 8.21. The summed E-state index contributed by atoms with van der Waals surface area (Å²) >= 11 is 5.99. The smallest absolute Gasteiger partial charge is 0.323 e. The van der Waals surface area contributed by atoms with Crippen molar-refractivity contribution >= 4 is 52.2 Å². The molecule has 2 aromatic rings. The molecule has 0 spiro atoms. The molecule has 13 heteroatoms. The zero-order chi connectivity index (χ0) is 30.8. The molecule has 12 nitrogen and oxygen atoms in total. The Kier molecular flexibility index (Phi) is 6.94. The monoisotopic (exact) mass is 596 g/mol. The van der Waals surface area contributed by atoms with Crippen molar-refractivity contribution in [1.82, 2.24) is 0 Å². The lowest BCUT2D eigenvalue weighted by molar-refractivity contribution is -0.144. The Labute approximate surface area is 245 Å². The van der Waals surface area contributed by atoms with Crippen LogP contribution in [-0.4, -0.2) is 63.6 Å². The molecule has 0 aliphatic heterocycles. The number of urea groups is 1. The van der Waals surface area contributed by atoms with Gasteiger partial charge in [-0.1, -0.05) is 11.6 Å². The molecule has 0 saturated heterocycles. The lowest BCUT2D eigenvalue weighted by Crippen LogP contribution is -2.57. The minimum atomic E-state index is -2.66. The van der Waals surface area contributed by atoms with Crippen LogP contribution in [0.3, 0.4) is 0 Å². The highest BCUT2D eigenvalue weighted by atomic mass is 35.5. The number of rotatable bonds is 4. The summed E-state index contributed by atoms with van der Waals surface area (Å²) in [5, 5.41) is 50.0. The zero-order valence-corrected chi connectivity index (χ0v) is 23.7. The Morgan fingerprint density at radius 3 is 2.36 bits per heavy atom. The van der Waals surface area contributed by atoms with Crippen molar-refractivity contribution in [3.05, 3.63) is 68.6 Å². The Balaban J connectivity index is 1.58. The largest absolute Gasteiger partial charge is 0.511 e. The number of fused-ring (bicyclic) bond motifs is 3. The minimum Gasteiger partial charge on any atom is -0.511 e. The van der Waals surface area contributed by atoms with Gasteiger partial charge in [-0.15, -0.1) is 0 Å². The molecule has 3 aliphatic carbocycles. The number of halogens is 1. The summed E-state index contributed by atoms with van der Waals surface area (Å²) < 4.78 is 0. The normalized spacial score (nSPS) is 23.2. The van der Waals surface area contributed by atoms with Gasteiger partial charge in [0.2, 0.25) is 5.78 Å². The molecule has 0 aromatic heterocycles. The predicted molar refractivity (Wildman–Crippen MR) is 154 cm³/mol. The van der Waals surface area contributed by atoms with Gasteiger partial charge in [0.05, 0.1) is 11.3 Å². The summed E-state index contributed by atoms with van der Waals surface area (Å²) in [5.41, 5.74) is 3.24. The molecule has 220 valence electrons. The third kappa shape index (κ3) is 4.34. The highest BCUT2D eigenvalue weighted by molar-refractivity contribution is 6.30. The summed E-state index contributed by atoms with van der Waals surface area (Å²) in [6.45, 7) is 1.75. The number of benzene rings is 2. The number of aliphatic hydroxyl groups is 3. The lowest BCUT2D eigenvalue weighted by Gasteiger charge is -2.45. The van der Waals surface area contributed by atoms with Crippen molar-refractivity contribution < 1.29 is 39.6 Å². The second-order valence-corrected chi connectivity index (χ2v) is 11.4. The number of anilines is 3. The van der Waals surface area contributed by atoms with Crippen molar-refractivity contribution in [3.63, 3.8) is 0 Å². The van der Waals surface area contributed by atoms with Crippen LogP contribution in [0.15, 0.2) is 46.9 Å². The maximum atomic E-state index is 14.0. The number of aryl methyl sites for hydroxylation is 1. The van der Waals surface area contributed by atoms with E-state index in [9.17, 15) is 39.6 Å². The molecule has 5 rings (SSSR count). The van der Waals surface area contributed by atoms with Crippen LogP contribution in [0.2, 0.25) is 5.02 Å². The number of carbonyl (C=O) groups is 4. The molecular formula is C29H29ClN4O8. The molecule has 0 saturated carbocycles. The second-order valence-electron chi connectivity index (χ2n) is 11.0. The van der Waals surface area contributed by atoms with Crippen molar-refractivity contribution in [3.8, 4) is 5.75 Å². The summed E-state index contributed by atoms with van der Waals surface area (Å²) in [4.78, 5) is 53.5. The first-order valence-electron chi connectivity index (χ1n) is 13.0. The van der Waals surface area contributed by atoms with Gasteiger partial charge in [0.1, 0.15) is 17.1 Å². The topological polar surface area (TPSA) is 203 Å². The molecule has 3 atom stereocenters. The number of nitrogens with one attached hydrogen (secondary N) is 2. The first-order chi connectivity index (χ1) is 19.7. The van der Waals surface area contributed by atoms with Gasteiger partial charge in [0.25, 0.3) is 5.91 Å². The van der Waals surface area contributed by atoms with E-state index < -0.39 is 63.8 Å². The van der Waals surface area contributed by atoms with Gasteiger partial charge >= 0.3 is 6.03 Å². The summed E-state index contributed by atoms with van der Waals surface area (Å²) in [6.07, 6.45) is -0.169. The summed E-state index contributed by atoms with van der Waals surface area (Å²) in [7, 11) is 3.43. The van der Waals surface area contributed by atoms with E-state index in [1.54, 1.807) is 44.1 Å². The van der Waals surface area contributed by atoms with Gasteiger partial charge in [0, 0.05) is 48.4 Å². The van der Waals surface area contributed by atoms with Gasteiger partial charge in [-0.3, -0.25) is 14.4 Å². The number of phenols is 1. The van der Waals surface area contributed by atoms with Crippen LogP contribution in [0.1, 0.15) is 34.3 Å². The average molecular weight is 597 g/mol. The van der Waals surface area contributed by atoms with Crippen molar-refractivity contribution in [1.29, 1.82) is 0 Å². The van der Waals surface area contributed by atoms with Gasteiger partial charge < -0.3 is 41.7 Å². The predicted octanol–water partition coefficient (Wildman–Crippen LogP) is 3.25. The quantitative estimate of drug-likeness (QED) is 0.204. The fourth-order valence-electron chi connectivity index (χ4n) is 6.20. The van der Waals surface area contributed by atoms with E-state index in [0.717, 1.165) is 0 Å². The fourth-order valence-corrected chi connectivity index (χ4v) is 6.43. The summed E-state index contributed by atoms with van der Waals surface area (Å²) in [6, 6.07) is 5.68. The van der Waals surface area contributed by atoms with Gasteiger partial charge in [-0.05, 0) is 61.1 Å². The number of nitrogens with two attached hydrogens (primary N) is 1. The molecule has 8 N–H and O–H groups in total. The molecule has 0 unspecified atom stereocenters. The van der Waals surface area contributed by atoms with Gasteiger partial charge in [-0.2, -0.15) is 0 Å². The van der Waals surface area contributed by atoms with E-state index in [-0.39, 0.29) is 36.1 Å². The van der Waals surface area contributed by atoms with Crippen LogP contribution in [0, 0.1) is 18.8 Å². The summed E-state index contributed by atoms with van der Waals surface area (Å²) in [5.74, 6) is -7.24. The SMILES string of the molecule is Cc1cc(Cl)ccc1NC(=O)Nc1cc(N(C)C)c2c(c1O)C(=O)C1=C(O)[C@]3(O)C(=O)C(C(N)=O)=C(O)C[C@@H]3C[C@@H]1C2. The van der Waals surface area contributed by atoms with Crippen LogP contribution >= 0.6 is 11.6 Å². The standard InChI is InChI=1S/C29H29ClN4O8/c1-11-6-14(30)4-5-16(11)32-28(41)33-17-10-18(34(2)3)15-8-12-7-13-9-19(35)22(27(31)40)26(39)29(13,42)25(38)20(12)24(37)21(15)23(17)36/h4-6,10,12-13,35-36,38,42H,7-9H2,1-3H3,(H2,31,40)(H2,32,33,41)/t12-,13+,29+/m1/s1. The number of Topliss-reactive ketones (excluding diaryl/α,β-unsaturated/α-hetero) is 2. The average Bonchev–Trinajstić information content (AvgIpc) is 2.89. The molecule has 0 fully saturated rings. The first-order valence-corrected chi connectivity index (χ1v) is 13.4. The number of hydrogen-bond donors (Lipinski definition) is 7. The van der Waals surface area contributed by atoms with Crippen LogP contribution in [0.5, 0.6) is 5.75 Å². The van der Waals surface area contributed by atoms with Crippen LogP contribution < -0.4 is 21.3 Å². The Morgan fingerprint density at radius 2 is 1.74 bits per heavy atom. The van der Waals surface area contributed by atoms with Crippen molar-refractivity contribution in [2.75, 3.05) is 29.6 Å². The maximum Gasteiger partial charge on any atom is 0.323 e. The van der Waals surface area contributed by atoms with Crippen molar-refractivity contribution in [2.45, 2.75) is 31.8 Å². The zero-order valence-electron chi connectivity index (χ0n) is 22.9. The number of hydrogen-bond acceptors (Lipinski definition) is 9. The highest BCUT2D eigenvalue weighted by Gasteiger charge is 2.59. The number of nitrogens with zero attached hydrogens (tertiary/aromatic N) is 1. The molecule has 42 heavy (non-hydrogen) atoms. The van der Waals surface area contributed by atoms with E-state index >= 15 is 0 Å². The number of allylic oxidation sites excluding steroid dienone is 2. The van der Waals surface area contributed by atoms with Crippen LogP contribution in [0.4, 0.5) is 21.9 Å². The van der Waals surface area contributed by atoms with Crippen molar-refractivity contribution in [2.24, 2.45) is 17.6 Å². The molecule has 3 aliphatic rings. The second kappa shape index (κ2) is 10.1. The van der Waals surface area contributed by atoms with E-state index in [1.165, 1.54) is 6.07 Å². The molecule has 2 aromatic carbocycles. The number of aromatic hydroxyl groups is 1. The molecular weight excluding hydrogens is 568 g/mol. The van der Waals surface area contributed by atoms with E-state index in [2.05, 4.69) is 10.6 Å². The number of aliphatic hydroxyl groups excluding tert-OH is 2. The number of amides is 3. The number of phenolic OH excluding ortho intramolecular Hbond substituents is 1. The fraction of sp³-hybridized carbons (Fsp3) is 0.310. The Bertz CT molecular complexity index is 1660. The molecule has 0 radical (unpaired) electrons. The van der Waals surface area contributed by atoms with E-state index in [1.807, 2.05) is 0 Å². The Morgan fingerprint density at radius 1 is 1.07 bits per heavy atom. The minimum absolute atomic E-state index is 0.0133. The van der Waals surface area contributed by atoms with E-state index in [4.69, 9.17) is 17.3 Å². The molecule has 0 heterocycles. The lowest BCUT2D eigenvalue weighted by atomic mass is 9.60. The van der Waals surface area contributed by atoms with Crippen LogP contribution in [-0.2, 0) is 16.0 Å². The maximum absolute atomic E-state index is 14.0. The van der Waals surface area contributed by atoms with Gasteiger partial charge in [-0.25, -0.2) is 4.79 Å². The van der Waals surface area contributed by atoms with E-state index in [0.29, 0.717) is 27.5 Å². The Hall–Kier alpha value is -4.55. The molecule has 0 bridgehead atoms. The first kappa shape index (κ1) is 29.0. The van der Waals surface area contributed by atoms with Crippen LogP contribution in [0.25, 0.3) is 0 Å². The van der Waals surface area contributed by atoms with Gasteiger partial charge in [0.15, 0.2) is 17.1 Å². The number of carbonyl (C=O) groups excluding carboxylic acids is 4. The third-order valence-corrected chi connectivity index (χ3v) is 8.44. The number of ketones is 2.